The first-order valence-corrected chi connectivity index (χ1v) is 8.36. The number of nitrogens with zero attached hydrogens (tertiary/aromatic N) is 1. The summed E-state index contributed by atoms with van der Waals surface area (Å²) in [5.74, 6) is 1.59. The highest BCUT2D eigenvalue weighted by molar-refractivity contribution is 5.46. The van der Waals surface area contributed by atoms with Crippen LogP contribution in [0.4, 0.5) is 0 Å². The fraction of sp³-hybridized carbons (Fsp3) is 0.368. The monoisotopic (exact) mass is 329 g/mol. The molecule has 1 aliphatic heterocycles. The average molecular weight is 329 g/mol. The van der Waals surface area contributed by atoms with E-state index in [4.69, 9.17) is 9.47 Å². The summed E-state index contributed by atoms with van der Waals surface area (Å²) in [5, 5.41) is 19.0. The van der Waals surface area contributed by atoms with Crippen LogP contribution in [0.3, 0.4) is 0 Å². The van der Waals surface area contributed by atoms with Crippen LogP contribution in [0.15, 0.2) is 42.5 Å². The lowest BCUT2D eigenvalue weighted by Gasteiger charge is -2.26. The van der Waals surface area contributed by atoms with Crippen molar-refractivity contribution in [3.8, 4) is 28.7 Å². The molecule has 0 unspecified atom stereocenters. The third kappa shape index (κ3) is 4.55. The second-order valence-electron chi connectivity index (χ2n) is 5.98. The summed E-state index contributed by atoms with van der Waals surface area (Å²) < 4.78 is 11.4. The Balaban J connectivity index is 1.49. The van der Waals surface area contributed by atoms with Gasteiger partial charge in [-0.2, -0.15) is 0 Å². The van der Waals surface area contributed by atoms with Gasteiger partial charge in [-0.25, -0.2) is 0 Å². The van der Waals surface area contributed by atoms with Crippen molar-refractivity contribution < 1.29 is 19.7 Å². The molecule has 2 N–H and O–H groups in total. The zero-order chi connectivity index (χ0) is 16.8. The number of hydrogen-bond donors (Lipinski definition) is 2. The lowest BCUT2D eigenvalue weighted by atomic mass is 10.1. The van der Waals surface area contributed by atoms with E-state index in [2.05, 4.69) is 4.90 Å². The Morgan fingerprint density at radius 2 is 1.58 bits per heavy atom. The molecule has 128 valence electrons. The van der Waals surface area contributed by atoms with E-state index in [-0.39, 0.29) is 11.5 Å². The van der Waals surface area contributed by atoms with E-state index < -0.39 is 0 Å². The third-order valence-electron chi connectivity index (χ3n) is 4.12. The highest BCUT2D eigenvalue weighted by Crippen LogP contribution is 2.33. The van der Waals surface area contributed by atoms with Crippen molar-refractivity contribution in [2.75, 3.05) is 26.2 Å². The van der Waals surface area contributed by atoms with E-state index in [9.17, 15) is 10.2 Å². The fourth-order valence-electron chi connectivity index (χ4n) is 2.80. The molecule has 0 bridgehead atoms. The number of piperidine rings is 1. The summed E-state index contributed by atoms with van der Waals surface area (Å²) in [6.45, 7) is 3.98. The van der Waals surface area contributed by atoms with Crippen molar-refractivity contribution in [3.05, 3.63) is 42.5 Å². The van der Waals surface area contributed by atoms with Gasteiger partial charge in [0, 0.05) is 12.6 Å². The normalized spacial score (nSPS) is 15.2. The van der Waals surface area contributed by atoms with E-state index in [1.54, 1.807) is 12.1 Å². The minimum Gasteiger partial charge on any atom is -0.508 e. The van der Waals surface area contributed by atoms with Gasteiger partial charge in [0.1, 0.15) is 23.9 Å². The third-order valence-corrected chi connectivity index (χ3v) is 4.12. The van der Waals surface area contributed by atoms with Crippen molar-refractivity contribution in [2.45, 2.75) is 19.3 Å². The van der Waals surface area contributed by atoms with Gasteiger partial charge in [0.05, 0.1) is 0 Å². The lowest BCUT2D eigenvalue weighted by Crippen LogP contribution is -2.33. The number of phenols is 2. The number of ether oxygens (including phenoxy) is 2. The van der Waals surface area contributed by atoms with Crippen LogP contribution in [0.25, 0.3) is 0 Å². The number of aromatic hydroxyl groups is 2. The van der Waals surface area contributed by atoms with Crippen LogP contribution in [0.2, 0.25) is 0 Å². The lowest BCUT2D eigenvalue weighted by molar-refractivity contribution is 0.183. The van der Waals surface area contributed by atoms with Gasteiger partial charge >= 0.3 is 0 Å². The van der Waals surface area contributed by atoms with E-state index in [1.807, 2.05) is 12.1 Å². The predicted octanol–water partition coefficient (Wildman–Crippen LogP) is 3.75. The van der Waals surface area contributed by atoms with Gasteiger partial charge in [-0.1, -0.05) is 6.42 Å². The molecule has 0 atom stereocenters. The molecule has 1 heterocycles. The van der Waals surface area contributed by atoms with Crippen LogP contribution in [0, 0.1) is 0 Å². The molecule has 2 aromatic rings. The van der Waals surface area contributed by atoms with Crippen LogP contribution in [0.1, 0.15) is 19.3 Å². The highest BCUT2D eigenvalue weighted by Gasteiger charge is 2.09. The molecule has 1 saturated heterocycles. The fourth-order valence-corrected chi connectivity index (χ4v) is 2.80. The quantitative estimate of drug-likeness (QED) is 0.845. The molecule has 3 rings (SSSR count). The maximum Gasteiger partial charge on any atom is 0.169 e. The van der Waals surface area contributed by atoms with E-state index in [0.29, 0.717) is 18.1 Å². The molecule has 0 aromatic heterocycles. The number of phenolic OH excluding ortho intramolecular Hbond substituents is 2. The molecular weight excluding hydrogens is 306 g/mol. The van der Waals surface area contributed by atoms with Gasteiger partial charge in [0.2, 0.25) is 0 Å². The first kappa shape index (κ1) is 16.5. The average Bonchev–Trinajstić information content (AvgIpc) is 2.60. The number of hydrogen-bond acceptors (Lipinski definition) is 5. The van der Waals surface area contributed by atoms with Gasteiger partial charge in [0.15, 0.2) is 11.5 Å². The standard InChI is InChI=1S/C19H23NO4/c21-15-4-9-19(18(22)14-15)24-17-7-5-16(6-8-17)23-13-12-20-10-2-1-3-11-20/h4-9,14,21-22H,1-3,10-13H2. The zero-order valence-electron chi connectivity index (χ0n) is 13.6. The summed E-state index contributed by atoms with van der Waals surface area (Å²) in [5.41, 5.74) is 0. The summed E-state index contributed by atoms with van der Waals surface area (Å²) in [4.78, 5) is 2.44. The van der Waals surface area contributed by atoms with Crippen molar-refractivity contribution in [3.63, 3.8) is 0 Å². The highest BCUT2D eigenvalue weighted by atomic mass is 16.5. The maximum atomic E-state index is 9.73. The van der Waals surface area contributed by atoms with E-state index in [0.717, 1.165) is 12.3 Å². The molecule has 0 saturated carbocycles. The Morgan fingerprint density at radius 1 is 0.875 bits per heavy atom. The van der Waals surface area contributed by atoms with Crippen molar-refractivity contribution >= 4 is 0 Å². The largest absolute Gasteiger partial charge is 0.508 e. The molecule has 0 amide bonds. The van der Waals surface area contributed by atoms with Crippen LogP contribution in [-0.2, 0) is 0 Å². The Hall–Kier alpha value is -2.40. The first-order valence-electron chi connectivity index (χ1n) is 8.36. The zero-order valence-corrected chi connectivity index (χ0v) is 13.6. The molecule has 0 spiro atoms. The summed E-state index contributed by atoms with van der Waals surface area (Å²) in [6, 6.07) is 11.5. The Bertz CT molecular complexity index is 651. The van der Waals surface area contributed by atoms with Gasteiger partial charge in [0.25, 0.3) is 0 Å². The smallest absolute Gasteiger partial charge is 0.169 e. The Morgan fingerprint density at radius 3 is 2.29 bits per heavy atom. The van der Waals surface area contributed by atoms with E-state index in [1.165, 1.54) is 50.6 Å². The molecule has 5 heteroatoms. The topological polar surface area (TPSA) is 62.2 Å². The van der Waals surface area contributed by atoms with Crippen LogP contribution in [0.5, 0.6) is 28.7 Å². The predicted molar refractivity (Wildman–Crippen MR) is 92.1 cm³/mol. The summed E-state index contributed by atoms with van der Waals surface area (Å²) in [7, 11) is 0. The minimum absolute atomic E-state index is 0.00250. The van der Waals surface area contributed by atoms with Crippen LogP contribution in [-0.4, -0.2) is 41.4 Å². The van der Waals surface area contributed by atoms with Gasteiger partial charge < -0.3 is 19.7 Å². The number of rotatable bonds is 6. The number of benzene rings is 2. The van der Waals surface area contributed by atoms with Crippen molar-refractivity contribution in [1.82, 2.24) is 4.90 Å². The minimum atomic E-state index is -0.100. The molecule has 24 heavy (non-hydrogen) atoms. The molecule has 2 aromatic carbocycles. The molecule has 1 aliphatic rings. The van der Waals surface area contributed by atoms with Crippen molar-refractivity contribution in [2.24, 2.45) is 0 Å². The Kier molecular flexibility index (Phi) is 5.43. The van der Waals surface area contributed by atoms with Crippen molar-refractivity contribution in [1.29, 1.82) is 0 Å². The first-order chi connectivity index (χ1) is 11.7. The molecule has 1 fully saturated rings. The molecular formula is C19H23NO4. The second-order valence-corrected chi connectivity index (χ2v) is 5.98. The van der Waals surface area contributed by atoms with Gasteiger partial charge in [-0.05, 0) is 62.3 Å². The van der Waals surface area contributed by atoms with Gasteiger partial charge in [-0.15, -0.1) is 0 Å². The molecule has 0 aliphatic carbocycles. The number of likely N-dealkylation sites (tertiary alicyclic amines) is 1. The summed E-state index contributed by atoms with van der Waals surface area (Å²) >= 11 is 0. The second kappa shape index (κ2) is 7.93. The van der Waals surface area contributed by atoms with E-state index >= 15 is 0 Å². The molecule has 5 nitrogen and oxygen atoms in total. The van der Waals surface area contributed by atoms with Gasteiger partial charge in [-0.3, -0.25) is 4.90 Å². The van der Waals surface area contributed by atoms with Crippen LogP contribution < -0.4 is 9.47 Å². The van der Waals surface area contributed by atoms with Crippen LogP contribution >= 0.6 is 0 Å². The Labute approximate surface area is 142 Å². The SMILES string of the molecule is Oc1ccc(Oc2ccc(OCCN3CCCCC3)cc2)c(O)c1. The summed E-state index contributed by atoms with van der Waals surface area (Å²) in [6.07, 6.45) is 3.92. The maximum absolute atomic E-state index is 9.73. The molecule has 0 radical (unpaired) electrons.